The molecule has 0 unspecified atom stereocenters. The Balaban J connectivity index is 1.70. The van der Waals surface area contributed by atoms with Gasteiger partial charge in [-0.25, -0.2) is 13.8 Å². The van der Waals surface area contributed by atoms with Crippen molar-refractivity contribution in [3.05, 3.63) is 83.6 Å². The molecule has 0 aliphatic heterocycles. The Morgan fingerprint density at radius 2 is 1.79 bits per heavy atom. The van der Waals surface area contributed by atoms with Crippen molar-refractivity contribution in [1.29, 1.82) is 0 Å². The number of hydrogen-bond acceptors (Lipinski definition) is 4. The van der Waals surface area contributed by atoms with E-state index in [2.05, 4.69) is 15.4 Å². The van der Waals surface area contributed by atoms with Crippen LogP contribution in [0.15, 0.2) is 60.8 Å². The lowest BCUT2D eigenvalue weighted by molar-refractivity contribution is 0.0952. The fourth-order valence-corrected chi connectivity index (χ4v) is 2.83. The van der Waals surface area contributed by atoms with E-state index in [1.807, 2.05) is 30.3 Å². The van der Waals surface area contributed by atoms with Gasteiger partial charge in [-0.15, -0.1) is 0 Å². The summed E-state index contributed by atoms with van der Waals surface area (Å²) < 4.78 is 28.1. The van der Waals surface area contributed by atoms with Gasteiger partial charge in [0.15, 0.2) is 5.65 Å². The van der Waals surface area contributed by atoms with Gasteiger partial charge in [0.2, 0.25) is 5.88 Å². The fourth-order valence-electron chi connectivity index (χ4n) is 2.83. The van der Waals surface area contributed by atoms with Crippen molar-refractivity contribution in [1.82, 2.24) is 19.9 Å². The van der Waals surface area contributed by atoms with Crippen molar-refractivity contribution >= 4 is 11.6 Å². The maximum absolute atomic E-state index is 13.5. The first-order valence-corrected chi connectivity index (χ1v) is 8.37. The summed E-state index contributed by atoms with van der Waals surface area (Å²) in [7, 11) is 0. The van der Waals surface area contributed by atoms with Crippen molar-refractivity contribution in [2.24, 2.45) is 0 Å². The summed E-state index contributed by atoms with van der Waals surface area (Å²) in [4.78, 5) is 16.8. The number of nitrogens with one attached hydrogen (secondary N) is 1. The van der Waals surface area contributed by atoms with Gasteiger partial charge in [-0.05, 0) is 17.7 Å². The molecule has 0 bridgehead atoms. The molecule has 0 saturated heterocycles. The summed E-state index contributed by atoms with van der Waals surface area (Å²) in [5, 5.41) is 16.9. The summed E-state index contributed by atoms with van der Waals surface area (Å²) in [6.45, 7) is 0.303. The zero-order valence-electron chi connectivity index (χ0n) is 14.4. The van der Waals surface area contributed by atoms with Gasteiger partial charge in [-0.2, -0.15) is 9.61 Å². The highest BCUT2D eigenvalue weighted by molar-refractivity contribution is 5.99. The first-order chi connectivity index (χ1) is 13.5. The third kappa shape index (κ3) is 3.39. The van der Waals surface area contributed by atoms with Crippen LogP contribution in [-0.4, -0.2) is 25.6 Å². The monoisotopic (exact) mass is 380 g/mol. The van der Waals surface area contributed by atoms with Gasteiger partial charge in [0.05, 0.1) is 11.9 Å². The third-order valence-electron chi connectivity index (χ3n) is 4.15. The number of fused-ring (bicyclic) bond motifs is 1. The molecule has 0 radical (unpaired) electrons. The maximum Gasteiger partial charge on any atom is 0.257 e. The molecule has 2 N–H and O–H groups in total. The Kier molecular flexibility index (Phi) is 4.44. The lowest BCUT2D eigenvalue weighted by atomic mass is 10.1. The van der Waals surface area contributed by atoms with Gasteiger partial charge in [0.1, 0.15) is 17.2 Å². The number of amides is 1. The highest BCUT2D eigenvalue weighted by Crippen LogP contribution is 2.25. The van der Waals surface area contributed by atoms with Crippen LogP contribution < -0.4 is 5.32 Å². The molecule has 0 atom stereocenters. The van der Waals surface area contributed by atoms with Gasteiger partial charge in [0, 0.05) is 24.2 Å². The van der Waals surface area contributed by atoms with E-state index in [9.17, 15) is 18.7 Å². The quantitative estimate of drug-likeness (QED) is 0.569. The van der Waals surface area contributed by atoms with Crippen LogP contribution in [0.4, 0.5) is 8.78 Å². The van der Waals surface area contributed by atoms with Crippen molar-refractivity contribution in [3.63, 3.8) is 0 Å². The van der Waals surface area contributed by atoms with Crippen LogP contribution >= 0.6 is 0 Å². The lowest BCUT2D eigenvalue weighted by Gasteiger charge is -2.07. The number of aromatic hydroxyl groups is 1. The predicted molar refractivity (Wildman–Crippen MR) is 97.6 cm³/mol. The first-order valence-electron chi connectivity index (χ1n) is 8.37. The predicted octanol–water partition coefficient (Wildman–Crippen LogP) is 3.31. The number of carbonyl (C=O) groups is 1. The minimum atomic E-state index is -0.773. The fraction of sp³-hybridized carbons (Fsp3) is 0.0500. The zero-order chi connectivity index (χ0) is 19.7. The molecular weight excluding hydrogens is 366 g/mol. The Hall–Kier alpha value is -3.81. The van der Waals surface area contributed by atoms with Crippen LogP contribution in [0, 0.1) is 11.6 Å². The van der Waals surface area contributed by atoms with Crippen molar-refractivity contribution in [3.8, 4) is 17.1 Å². The van der Waals surface area contributed by atoms with Crippen LogP contribution in [0.5, 0.6) is 5.88 Å². The second kappa shape index (κ2) is 7.07. The summed E-state index contributed by atoms with van der Waals surface area (Å²) in [6, 6.07) is 13.5. The van der Waals surface area contributed by atoms with Crippen molar-refractivity contribution in [2.45, 2.75) is 6.54 Å². The smallest absolute Gasteiger partial charge is 0.257 e. The summed E-state index contributed by atoms with van der Waals surface area (Å²) in [5.74, 6) is -2.30. The Morgan fingerprint density at radius 3 is 2.50 bits per heavy atom. The van der Waals surface area contributed by atoms with E-state index in [1.165, 1.54) is 12.3 Å². The van der Waals surface area contributed by atoms with Gasteiger partial charge in [0.25, 0.3) is 5.91 Å². The molecular formula is C20H14F2N4O2. The summed E-state index contributed by atoms with van der Waals surface area (Å²) >= 11 is 0. The summed E-state index contributed by atoms with van der Waals surface area (Å²) in [6.07, 6.45) is 1.28. The standard InChI is InChI=1S/C20H14F2N4O2/c21-14-6-13(7-15(22)8-14)17-9-18(27)26-19(25-17)16(11-24-26)20(28)23-10-12-4-2-1-3-5-12/h1-9,11,27H,10H2,(H,23,28). The minimum Gasteiger partial charge on any atom is -0.493 e. The van der Waals surface area contributed by atoms with E-state index in [1.54, 1.807) is 0 Å². The second-order valence-corrected chi connectivity index (χ2v) is 6.12. The largest absolute Gasteiger partial charge is 0.493 e. The Bertz CT molecular complexity index is 1160. The molecule has 0 aliphatic carbocycles. The number of rotatable bonds is 4. The maximum atomic E-state index is 13.5. The van der Waals surface area contributed by atoms with Gasteiger partial charge >= 0.3 is 0 Å². The molecule has 2 aromatic heterocycles. The number of carbonyl (C=O) groups excluding carboxylic acids is 1. The second-order valence-electron chi connectivity index (χ2n) is 6.12. The molecule has 0 saturated carbocycles. The van der Waals surface area contributed by atoms with Crippen LogP contribution in [-0.2, 0) is 6.54 Å². The van der Waals surface area contributed by atoms with Crippen molar-refractivity contribution in [2.75, 3.05) is 0 Å². The lowest BCUT2D eigenvalue weighted by Crippen LogP contribution is -2.22. The first kappa shape index (κ1) is 17.6. The molecule has 1 amide bonds. The normalized spacial score (nSPS) is 10.9. The van der Waals surface area contributed by atoms with E-state index in [-0.39, 0.29) is 28.3 Å². The SMILES string of the molecule is O=C(NCc1ccccc1)c1cnn2c(O)cc(-c3cc(F)cc(F)c3)nc12. The highest BCUT2D eigenvalue weighted by Gasteiger charge is 2.18. The average molecular weight is 380 g/mol. The summed E-state index contributed by atoms with van der Waals surface area (Å²) in [5.41, 5.74) is 1.36. The van der Waals surface area contributed by atoms with Gasteiger partial charge in [-0.1, -0.05) is 30.3 Å². The molecule has 2 aromatic carbocycles. The van der Waals surface area contributed by atoms with E-state index in [0.717, 1.165) is 28.3 Å². The van der Waals surface area contributed by atoms with E-state index in [4.69, 9.17) is 0 Å². The molecule has 0 aliphatic rings. The molecule has 140 valence electrons. The van der Waals surface area contributed by atoms with Crippen LogP contribution in [0.25, 0.3) is 16.9 Å². The van der Waals surface area contributed by atoms with Gasteiger partial charge < -0.3 is 10.4 Å². The topological polar surface area (TPSA) is 79.5 Å². The molecule has 4 aromatic rings. The molecule has 2 heterocycles. The van der Waals surface area contributed by atoms with Crippen LogP contribution in [0.2, 0.25) is 0 Å². The Labute approximate surface area is 158 Å². The van der Waals surface area contributed by atoms with E-state index in [0.29, 0.717) is 6.54 Å². The van der Waals surface area contributed by atoms with Crippen molar-refractivity contribution < 1.29 is 18.7 Å². The van der Waals surface area contributed by atoms with Gasteiger partial charge in [-0.3, -0.25) is 4.79 Å². The minimum absolute atomic E-state index is 0.0743. The molecule has 0 spiro atoms. The average Bonchev–Trinajstić information content (AvgIpc) is 3.11. The highest BCUT2D eigenvalue weighted by atomic mass is 19.1. The van der Waals surface area contributed by atoms with Crippen LogP contribution in [0.1, 0.15) is 15.9 Å². The van der Waals surface area contributed by atoms with Crippen LogP contribution in [0.3, 0.4) is 0 Å². The van der Waals surface area contributed by atoms with E-state index < -0.39 is 17.5 Å². The molecule has 6 nitrogen and oxygen atoms in total. The molecule has 0 fully saturated rings. The molecule has 28 heavy (non-hydrogen) atoms. The number of hydrogen-bond donors (Lipinski definition) is 2. The number of nitrogens with zero attached hydrogens (tertiary/aromatic N) is 3. The number of aromatic nitrogens is 3. The van der Waals surface area contributed by atoms with E-state index >= 15 is 0 Å². The molecule has 4 rings (SSSR count). The third-order valence-corrected chi connectivity index (χ3v) is 4.15. The number of benzene rings is 2. The number of halogens is 2. The molecule has 8 heteroatoms. The Morgan fingerprint density at radius 1 is 1.07 bits per heavy atom. The zero-order valence-corrected chi connectivity index (χ0v) is 14.4.